The zero-order valence-electron chi connectivity index (χ0n) is 9.15. The van der Waals surface area contributed by atoms with Crippen LogP contribution in [0.2, 0.25) is 5.15 Å². The number of hydrogen-bond donors (Lipinski definition) is 1. The van der Waals surface area contributed by atoms with Crippen molar-refractivity contribution in [3.8, 4) is 5.88 Å². The van der Waals surface area contributed by atoms with Crippen LogP contribution in [0, 0.1) is 0 Å². The number of methoxy groups -OCH3 is 2. The third-order valence-corrected chi connectivity index (χ3v) is 2.34. The van der Waals surface area contributed by atoms with E-state index < -0.39 is 11.6 Å². The van der Waals surface area contributed by atoms with Gasteiger partial charge in [-0.1, -0.05) is 11.6 Å². The average Bonchev–Trinajstić information content (AvgIpc) is 2.27. The SMILES string of the molecule is COC(=O)C(C)(O)c1ccc(Cl)nc1OC. The second kappa shape index (κ2) is 4.67. The lowest BCUT2D eigenvalue weighted by Crippen LogP contribution is -2.34. The molecule has 0 amide bonds. The fourth-order valence-electron chi connectivity index (χ4n) is 1.25. The predicted octanol–water partition coefficient (Wildman–Crippen LogP) is 1.12. The van der Waals surface area contributed by atoms with Gasteiger partial charge in [0.15, 0.2) is 5.60 Å². The lowest BCUT2D eigenvalue weighted by atomic mass is 9.97. The summed E-state index contributed by atoms with van der Waals surface area (Å²) in [4.78, 5) is 15.2. The number of hydrogen-bond acceptors (Lipinski definition) is 5. The van der Waals surface area contributed by atoms with Crippen molar-refractivity contribution in [1.82, 2.24) is 4.98 Å². The molecule has 0 aliphatic carbocycles. The molecule has 0 spiro atoms. The number of rotatable bonds is 3. The number of nitrogens with zero attached hydrogens (tertiary/aromatic N) is 1. The Morgan fingerprint density at radius 2 is 2.12 bits per heavy atom. The van der Waals surface area contributed by atoms with E-state index in [2.05, 4.69) is 9.72 Å². The first kappa shape index (κ1) is 12.7. The van der Waals surface area contributed by atoms with Crippen LogP contribution in [0.25, 0.3) is 0 Å². The Morgan fingerprint density at radius 1 is 1.50 bits per heavy atom. The van der Waals surface area contributed by atoms with Crippen LogP contribution in [0.5, 0.6) is 5.88 Å². The molecule has 0 bridgehead atoms. The van der Waals surface area contributed by atoms with E-state index in [1.165, 1.54) is 33.3 Å². The minimum Gasteiger partial charge on any atom is -0.481 e. The molecule has 1 atom stereocenters. The Bertz CT molecular complexity index is 406. The van der Waals surface area contributed by atoms with E-state index in [-0.39, 0.29) is 16.6 Å². The lowest BCUT2D eigenvalue weighted by molar-refractivity contribution is -0.161. The molecule has 1 N–H and O–H groups in total. The molecule has 0 saturated heterocycles. The highest BCUT2D eigenvalue weighted by Crippen LogP contribution is 2.30. The third-order valence-electron chi connectivity index (χ3n) is 2.13. The largest absolute Gasteiger partial charge is 0.481 e. The number of pyridine rings is 1. The van der Waals surface area contributed by atoms with Gasteiger partial charge >= 0.3 is 5.97 Å². The Kier molecular flexibility index (Phi) is 3.72. The quantitative estimate of drug-likeness (QED) is 0.639. The van der Waals surface area contributed by atoms with E-state index in [1.807, 2.05) is 0 Å². The molecular formula is C10H12ClNO4. The maximum absolute atomic E-state index is 11.4. The number of aromatic nitrogens is 1. The van der Waals surface area contributed by atoms with Crippen molar-refractivity contribution in [3.05, 3.63) is 22.8 Å². The average molecular weight is 246 g/mol. The molecule has 1 aromatic rings. The van der Waals surface area contributed by atoms with Gasteiger partial charge in [-0.2, -0.15) is 0 Å². The van der Waals surface area contributed by atoms with Gasteiger partial charge in [0.25, 0.3) is 0 Å². The molecule has 0 aliphatic rings. The minimum atomic E-state index is -1.82. The van der Waals surface area contributed by atoms with Crippen LogP contribution in [0.1, 0.15) is 12.5 Å². The van der Waals surface area contributed by atoms with Crippen LogP contribution in [0.15, 0.2) is 12.1 Å². The van der Waals surface area contributed by atoms with Crippen LogP contribution in [-0.2, 0) is 15.1 Å². The van der Waals surface area contributed by atoms with Crippen molar-refractivity contribution in [3.63, 3.8) is 0 Å². The highest BCUT2D eigenvalue weighted by atomic mass is 35.5. The number of halogens is 1. The van der Waals surface area contributed by atoms with Gasteiger partial charge in [-0.05, 0) is 19.1 Å². The summed E-state index contributed by atoms with van der Waals surface area (Å²) in [7, 11) is 2.56. The summed E-state index contributed by atoms with van der Waals surface area (Å²) in [6, 6.07) is 2.92. The summed E-state index contributed by atoms with van der Waals surface area (Å²) in [5, 5.41) is 10.2. The van der Waals surface area contributed by atoms with E-state index in [1.54, 1.807) is 0 Å². The smallest absolute Gasteiger partial charge is 0.342 e. The second-order valence-corrected chi connectivity index (χ2v) is 3.64. The van der Waals surface area contributed by atoms with Crippen LogP contribution in [0.3, 0.4) is 0 Å². The Balaban J connectivity index is 3.26. The fourth-order valence-corrected chi connectivity index (χ4v) is 1.39. The van der Waals surface area contributed by atoms with E-state index in [0.29, 0.717) is 0 Å². The Labute approximate surface area is 98.0 Å². The predicted molar refractivity (Wildman–Crippen MR) is 57.4 cm³/mol. The van der Waals surface area contributed by atoms with Gasteiger partial charge < -0.3 is 14.6 Å². The van der Waals surface area contributed by atoms with Gasteiger partial charge in [-0.15, -0.1) is 0 Å². The van der Waals surface area contributed by atoms with Crippen molar-refractivity contribution in [2.24, 2.45) is 0 Å². The molecule has 0 fully saturated rings. The highest BCUT2D eigenvalue weighted by molar-refractivity contribution is 6.29. The second-order valence-electron chi connectivity index (χ2n) is 3.25. The van der Waals surface area contributed by atoms with Crippen LogP contribution in [0.4, 0.5) is 0 Å². The molecule has 6 heteroatoms. The van der Waals surface area contributed by atoms with Gasteiger partial charge in [0.1, 0.15) is 5.15 Å². The molecule has 1 unspecified atom stereocenters. The zero-order valence-corrected chi connectivity index (χ0v) is 9.91. The van der Waals surface area contributed by atoms with E-state index in [9.17, 15) is 9.90 Å². The van der Waals surface area contributed by atoms with Crippen molar-refractivity contribution in [2.75, 3.05) is 14.2 Å². The first-order chi connectivity index (χ1) is 7.43. The summed E-state index contributed by atoms with van der Waals surface area (Å²) < 4.78 is 9.44. The van der Waals surface area contributed by atoms with Crippen molar-refractivity contribution < 1.29 is 19.4 Å². The minimum absolute atomic E-state index is 0.0860. The molecular weight excluding hydrogens is 234 g/mol. The number of ether oxygens (including phenoxy) is 2. The highest BCUT2D eigenvalue weighted by Gasteiger charge is 2.37. The standard InChI is InChI=1S/C10H12ClNO4/c1-10(14,9(13)16-3)6-4-5-7(11)12-8(6)15-2/h4-5,14H,1-3H3. The first-order valence-corrected chi connectivity index (χ1v) is 4.83. The number of carbonyl (C=O) groups excluding carboxylic acids is 1. The molecule has 5 nitrogen and oxygen atoms in total. The fraction of sp³-hybridized carbons (Fsp3) is 0.400. The topological polar surface area (TPSA) is 68.7 Å². The lowest BCUT2D eigenvalue weighted by Gasteiger charge is -2.21. The molecule has 0 aliphatic heterocycles. The summed E-state index contributed by atoms with van der Waals surface area (Å²) in [5.41, 5.74) is -1.62. The monoisotopic (exact) mass is 245 g/mol. The Morgan fingerprint density at radius 3 is 2.62 bits per heavy atom. The normalized spacial score (nSPS) is 14.1. The molecule has 0 saturated carbocycles. The van der Waals surface area contributed by atoms with Crippen molar-refractivity contribution in [2.45, 2.75) is 12.5 Å². The van der Waals surface area contributed by atoms with Gasteiger partial charge in [-0.25, -0.2) is 9.78 Å². The van der Waals surface area contributed by atoms with Crippen molar-refractivity contribution in [1.29, 1.82) is 0 Å². The summed E-state index contributed by atoms with van der Waals surface area (Å²) in [6.45, 7) is 1.30. The molecule has 16 heavy (non-hydrogen) atoms. The zero-order chi connectivity index (χ0) is 12.3. The molecule has 1 aromatic heterocycles. The van der Waals surface area contributed by atoms with Crippen LogP contribution >= 0.6 is 11.6 Å². The molecule has 0 radical (unpaired) electrons. The molecule has 1 rings (SSSR count). The molecule has 88 valence electrons. The van der Waals surface area contributed by atoms with E-state index in [4.69, 9.17) is 16.3 Å². The molecule has 1 heterocycles. The van der Waals surface area contributed by atoms with Crippen molar-refractivity contribution >= 4 is 17.6 Å². The Hall–Kier alpha value is -1.33. The summed E-state index contributed by atoms with van der Waals surface area (Å²) in [5.74, 6) is -0.710. The van der Waals surface area contributed by atoms with Gasteiger partial charge in [0.05, 0.1) is 19.8 Å². The maximum atomic E-state index is 11.4. The van der Waals surface area contributed by atoms with E-state index >= 15 is 0 Å². The first-order valence-electron chi connectivity index (χ1n) is 4.45. The van der Waals surface area contributed by atoms with Crippen LogP contribution < -0.4 is 4.74 Å². The van der Waals surface area contributed by atoms with Gasteiger partial charge in [0.2, 0.25) is 5.88 Å². The number of aliphatic hydroxyl groups is 1. The number of carbonyl (C=O) groups is 1. The van der Waals surface area contributed by atoms with E-state index in [0.717, 1.165) is 0 Å². The van der Waals surface area contributed by atoms with Crippen LogP contribution in [-0.4, -0.2) is 30.3 Å². The molecule has 0 aromatic carbocycles. The summed E-state index contributed by atoms with van der Waals surface area (Å²) in [6.07, 6.45) is 0. The third kappa shape index (κ3) is 2.25. The van der Waals surface area contributed by atoms with Gasteiger partial charge in [0, 0.05) is 0 Å². The van der Waals surface area contributed by atoms with Gasteiger partial charge in [-0.3, -0.25) is 0 Å². The summed E-state index contributed by atoms with van der Waals surface area (Å²) >= 11 is 5.67. The maximum Gasteiger partial charge on any atom is 0.342 e. The number of esters is 1.